The molecule has 0 bridgehead atoms. The van der Waals surface area contributed by atoms with E-state index in [9.17, 15) is 10.1 Å². The minimum Gasteiger partial charge on any atom is -0.492 e. The third-order valence-corrected chi connectivity index (χ3v) is 5.36. The molecule has 1 amide bonds. The SMILES string of the molecule is CC(C)COc1ccc(NC(=O)C2(c3ccc(Cl)cc3)CCOCC2)cc1C#N. The Hall–Kier alpha value is -2.55. The highest BCUT2D eigenvalue weighted by Gasteiger charge is 2.41. The molecule has 0 atom stereocenters. The number of nitrogens with one attached hydrogen (secondary N) is 1. The van der Waals surface area contributed by atoms with E-state index in [0.29, 0.717) is 60.6 Å². The molecule has 5 nitrogen and oxygen atoms in total. The van der Waals surface area contributed by atoms with E-state index in [1.165, 1.54) is 0 Å². The van der Waals surface area contributed by atoms with Crippen LogP contribution in [0.3, 0.4) is 0 Å². The van der Waals surface area contributed by atoms with Crippen molar-refractivity contribution in [1.82, 2.24) is 0 Å². The summed E-state index contributed by atoms with van der Waals surface area (Å²) in [5, 5.41) is 13.1. The van der Waals surface area contributed by atoms with Crippen molar-refractivity contribution in [2.24, 2.45) is 5.92 Å². The number of amides is 1. The van der Waals surface area contributed by atoms with Gasteiger partial charge in [-0.15, -0.1) is 0 Å². The van der Waals surface area contributed by atoms with Crippen LogP contribution in [0.1, 0.15) is 37.8 Å². The molecule has 2 aromatic rings. The fraction of sp³-hybridized carbons (Fsp3) is 0.391. The van der Waals surface area contributed by atoms with Crippen molar-refractivity contribution in [2.75, 3.05) is 25.1 Å². The minimum atomic E-state index is -0.692. The summed E-state index contributed by atoms with van der Waals surface area (Å²) in [6, 6.07) is 14.7. The van der Waals surface area contributed by atoms with Crippen molar-refractivity contribution >= 4 is 23.2 Å². The highest BCUT2D eigenvalue weighted by atomic mass is 35.5. The standard InChI is InChI=1S/C23H25ClN2O3/c1-16(2)15-29-21-8-7-20(13-17(21)14-25)26-22(27)23(9-11-28-12-10-23)18-3-5-19(24)6-4-18/h3-8,13,16H,9-12,15H2,1-2H3,(H,26,27). The molecule has 0 saturated carbocycles. The van der Waals surface area contributed by atoms with Gasteiger partial charge < -0.3 is 14.8 Å². The van der Waals surface area contributed by atoms with Gasteiger partial charge in [-0.3, -0.25) is 4.79 Å². The number of hydrogen-bond acceptors (Lipinski definition) is 4. The number of hydrogen-bond donors (Lipinski definition) is 1. The molecule has 1 fully saturated rings. The van der Waals surface area contributed by atoms with Crippen molar-refractivity contribution in [1.29, 1.82) is 5.26 Å². The van der Waals surface area contributed by atoms with E-state index in [4.69, 9.17) is 21.1 Å². The third-order valence-electron chi connectivity index (χ3n) is 5.11. The van der Waals surface area contributed by atoms with Gasteiger partial charge in [0.1, 0.15) is 11.8 Å². The Kier molecular flexibility index (Phi) is 6.79. The third kappa shape index (κ3) is 4.90. The molecule has 0 aliphatic carbocycles. The van der Waals surface area contributed by atoms with Crippen molar-refractivity contribution in [3.63, 3.8) is 0 Å². The van der Waals surface area contributed by atoms with Crippen molar-refractivity contribution in [3.8, 4) is 11.8 Å². The molecule has 152 valence electrons. The second-order valence-corrected chi connectivity index (χ2v) is 8.12. The normalized spacial score (nSPS) is 15.6. The fourth-order valence-electron chi connectivity index (χ4n) is 3.46. The first-order valence-electron chi connectivity index (χ1n) is 9.77. The van der Waals surface area contributed by atoms with Crippen molar-refractivity contribution < 1.29 is 14.3 Å². The van der Waals surface area contributed by atoms with Crippen LogP contribution in [-0.2, 0) is 14.9 Å². The summed E-state index contributed by atoms with van der Waals surface area (Å²) in [6.45, 7) is 5.65. The lowest BCUT2D eigenvalue weighted by atomic mass is 9.73. The maximum Gasteiger partial charge on any atom is 0.235 e. The predicted octanol–water partition coefficient (Wildman–Crippen LogP) is 4.93. The minimum absolute atomic E-state index is 0.108. The zero-order chi connectivity index (χ0) is 20.9. The number of rotatable bonds is 6. The van der Waals surface area contributed by atoms with Gasteiger partial charge in [0.2, 0.25) is 5.91 Å². The van der Waals surface area contributed by atoms with Gasteiger partial charge in [0, 0.05) is 23.9 Å². The molecule has 6 heteroatoms. The summed E-state index contributed by atoms with van der Waals surface area (Å²) in [6.07, 6.45) is 1.17. The molecular formula is C23H25ClN2O3. The van der Waals surface area contributed by atoms with E-state index < -0.39 is 5.41 Å². The van der Waals surface area contributed by atoms with E-state index in [-0.39, 0.29) is 5.91 Å². The molecule has 0 radical (unpaired) electrons. The zero-order valence-corrected chi connectivity index (χ0v) is 17.5. The molecule has 1 aliphatic rings. The molecule has 0 aromatic heterocycles. The van der Waals surface area contributed by atoms with Crippen LogP contribution in [-0.4, -0.2) is 25.7 Å². The molecule has 2 aromatic carbocycles. The van der Waals surface area contributed by atoms with Gasteiger partial charge in [0.15, 0.2) is 0 Å². The van der Waals surface area contributed by atoms with Crippen LogP contribution in [0.5, 0.6) is 5.75 Å². The molecular weight excluding hydrogens is 388 g/mol. The number of carbonyl (C=O) groups is 1. The molecule has 1 N–H and O–H groups in total. The molecule has 0 spiro atoms. The van der Waals surface area contributed by atoms with E-state index in [1.807, 2.05) is 26.0 Å². The number of halogens is 1. The van der Waals surface area contributed by atoms with Gasteiger partial charge >= 0.3 is 0 Å². The van der Waals surface area contributed by atoms with Crippen LogP contribution in [0.25, 0.3) is 0 Å². The number of benzene rings is 2. The highest BCUT2D eigenvalue weighted by Crippen LogP contribution is 2.37. The van der Waals surface area contributed by atoms with Gasteiger partial charge in [0.05, 0.1) is 17.6 Å². The van der Waals surface area contributed by atoms with Gasteiger partial charge in [-0.1, -0.05) is 37.6 Å². The predicted molar refractivity (Wildman–Crippen MR) is 113 cm³/mol. The first-order chi connectivity index (χ1) is 13.9. The van der Waals surface area contributed by atoms with Crippen LogP contribution in [0, 0.1) is 17.2 Å². The zero-order valence-electron chi connectivity index (χ0n) is 16.7. The average Bonchev–Trinajstić information content (AvgIpc) is 2.73. The van der Waals surface area contributed by atoms with Crippen LogP contribution < -0.4 is 10.1 Å². The van der Waals surface area contributed by atoms with E-state index in [0.717, 1.165) is 5.56 Å². The first kappa shape index (κ1) is 21.2. The lowest BCUT2D eigenvalue weighted by Crippen LogP contribution is -2.44. The second kappa shape index (κ2) is 9.30. The summed E-state index contributed by atoms with van der Waals surface area (Å²) in [5.74, 6) is 0.772. The van der Waals surface area contributed by atoms with Crippen LogP contribution in [0.15, 0.2) is 42.5 Å². The first-order valence-corrected chi connectivity index (χ1v) is 10.1. The van der Waals surface area contributed by atoms with Crippen molar-refractivity contribution in [3.05, 3.63) is 58.6 Å². The molecule has 29 heavy (non-hydrogen) atoms. The molecule has 1 heterocycles. The maximum absolute atomic E-state index is 13.4. The van der Waals surface area contributed by atoms with Gasteiger partial charge in [0.25, 0.3) is 0 Å². The Balaban J connectivity index is 1.84. The lowest BCUT2D eigenvalue weighted by Gasteiger charge is -2.36. The number of ether oxygens (including phenoxy) is 2. The molecule has 0 unspecified atom stereocenters. The largest absolute Gasteiger partial charge is 0.492 e. The Labute approximate surface area is 176 Å². The number of carbonyl (C=O) groups excluding carboxylic acids is 1. The van der Waals surface area contributed by atoms with Crippen LogP contribution >= 0.6 is 11.6 Å². The summed E-state index contributed by atoms with van der Waals surface area (Å²) >= 11 is 6.03. The quantitative estimate of drug-likeness (QED) is 0.729. The number of nitrogens with zero attached hydrogens (tertiary/aromatic N) is 1. The van der Waals surface area contributed by atoms with Crippen molar-refractivity contribution in [2.45, 2.75) is 32.1 Å². The smallest absolute Gasteiger partial charge is 0.235 e. The Bertz CT molecular complexity index is 897. The Morgan fingerprint density at radius 3 is 2.55 bits per heavy atom. The fourth-order valence-corrected chi connectivity index (χ4v) is 3.59. The monoisotopic (exact) mass is 412 g/mol. The summed E-state index contributed by atoms with van der Waals surface area (Å²) in [7, 11) is 0. The Morgan fingerprint density at radius 2 is 1.93 bits per heavy atom. The second-order valence-electron chi connectivity index (χ2n) is 7.68. The van der Waals surface area contributed by atoms with Gasteiger partial charge in [-0.25, -0.2) is 0 Å². The van der Waals surface area contributed by atoms with E-state index >= 15 is 0 Å². The van der Waals surface area contributed by atoms with E-state index in [2.05, 4.69) is 11.4 Å². The van der Waals surface area contributed by atoms with E-state index in [1.54, 1.807) is 30.3 Å². The highest BCUT2D eigenvalue weighted by molar-refractivity contribution is 6.30. The van der Waals surface area contributed by atoms with Crippen LogP contribution in [0.4, 0.5) is 5.69 Å². The molecule has 1 saturated heterocycles. The summed E-state index contributed by atoms with van der Waals surface area (Å²) in [5.41, 5.74) is 1.20. The molecule has 1 aliphatic heterocycles. The number of nitriles is 1. The van der Waals surface area contributed by atoms with Gasteiger partial charge in [-0.2, -0.15) is 5.26 Å². The summed E-state index contributed by atoms with van der Waals surface area (Å²) in [4.78, 5) is 13.4. The lowest BCUT2D eigenvalue weighted by molar-refractivity contribution is -0.125. The van der Waals surface area contributed by atoms with Gasteiger partial charge in [-0.05, 0) is 54.7 Å². The topological polar surface area (TPSA) is 71.3 Å². The number of anilines is 1. The Morgan fingerprint density at radius 1 is 1.24 bits per heavy atom. The average molecular weight is 413 g/mol. The maximum atomic E-state index is 13.4. The molecule has 3 rings (SSSR count). The van der Waals surface area contributed by atoms with Crippen LogP contribution in [0.2, 0.25) is 5.02 Å². The summed E-state index contributed by atoms with van der Waals surface area (Å²) < 4.78 is 11.2.